The smallest absolute Gasteiger partial charge is 0.274 e. The predicted molar refractivity (Wildman–Crippen MR) is 99.5 cm³/mol. The van der Waals surface area contributed by atoms with E-state index in [1.807, 2.05) is 25.1 Å². The van der Waals surface area contributed by atoms with Crippen LogP contribution in [0.3, 0.4) is 0 Å². The SMILES string of the molecule is CCCc1cc2cccnc2n(NCc2c(Cl)cccc2Cl)c1=O. The third kappa shape index (κ3) is 3.25. The fourth-order valence-electron chi connectivity index (χ4n) is 2.65. The average molecular weight is 362 g/mol. The Hall–Kier alpha value is -2.04. The van der Waals surface area contributed by atoms with E-state index in [4.69, 9.17) is 23.2 Å². The summed E-state index contributed by atoms with van der Waals surface area (Å²) in [6, 6.07) is 11.1. The molecule has 2 aromatic heterocycles. The van der Waals surface area contributed by atoms with Crippen molar-refractivity contribution < 1.29 is 0 Å². The Morgan fingerprint density at radius 3 is 2.62 bits per heavy atom. The summed E-state index contributed by atoms with van der Waals surface area (Å²) in [4.78, 5) is 17.1. The summed E-state index contributed by atoms with van der Waals surface area (Å²) >= 11 is 12.4. The van der Waals surface area contributed by atoms with Crippen LogP contribution in [-0.2, 0) is 13.0 Å². The summed E-state index contributed by atoms with van der Waals surface area (Å²) in [5, 5.41) is 2.04. The maximum absolute atomic E-state index is 12.8. The summed E-state index contributed by atoms with van der Waals surface area (Å²) in [7, 11) is 0. The first-order chi connectivity index (χ1) is 11.6. The Labute approximate surface area is 150 Å². The minimum Gasteiger partial charge on any atom is -0.317 e. The molecule has 0 atom stereocenters. The highest BCUT2D eigenvalue weighted by molar-refractivity contribution is 6.36. The maximum Gasteiger partial charge on any atom is 0.274 e. The lowest BCUT2D eigenvalue weighted by molar-refractivity contribution is 0.795. The van der Waals surface area contributed by atoms with Gasteiger partial charge in [0.05, 0.1) is 6.54 Å². The molecule has 0 aliphatic heterocycles. The molecule has 0 aliphatic carbocycles. The van der Waals surface area contributed by atoms with Crippen LogP contribution in [0.5, 0.6) is 0 Å². The second kappa shape index (κ2) is 7.24. The zero-order chi connectivity index (χ0) is 17.1. The van der Waals surface area contributed by atoms with Gasteiger partial charge in [0.25, 0.3) is 5.56 Å². The number of aryl methyl sites for hydroxylation is 1. The van der Waals surface area contributed by atoms with Gasteiger partial charge in [-0.05, 0) is 36.8 Å². The van der Waals surface area contributed by atoms with Crippen LogP contribution in [0.25, 0.3) is 11.0 Å². The molecule has 0 unspecified atom stereocenters. The Kier molecular flexibility index (Phi) is 5.07. The van der Waals surface area contributed by atoms with E-state index in [1.54, 1.807) is 24.4 Å². The van der Waals surface area contributed by atoms with E-state index in [-0.39, 0.29) is 5.56 Å². The van der Waals surface area contributed by atoms with Crippen molar-refractivity contribution in [2.24, 2.45) is 0 Å². The van der Waals surface area contributed by atoms with Gasteiger partial charge < -0.3 is 5.43 Å². The molecule has 124 valence electrons. The molecular weight excluding hydrogens is 345 g/mol. The van der Waals surface area contributed by atoms with E-state index in [1.165, 1.54) is 4.68 Å². The summed E-state index contributed by atoms with van der Waals surface area (Å²) < 4.78 is 1.49. The number of hydrogen-bond acceptors (Lipinski definition) is 3. The van der Waals surface area contributed by atoms with Crippen molar-refractivity contribution in [3.05, 3.63) is 74.1 Å². The molecule has 0 bridgehead atoms. The lowest BCUT2D eigenvalue weighted by Crippen LogP contribution is -2.32. The van der Waals surface area contributed by atoms with Crippen molar-refractivity contribution in [3.63, 3.8) is 0 Å². The first-order valence-corrected chi connectivity index (χ1v) is 8.54. The van der Waals surface area contributed by atoms with Crippen LogP contribution < -0.4 is 11.0 Å². The quantitative estimate of drug-likeness (QED) is 0.732. The van der Waals surface area contributed by atoms with Crippen LogP contribution >= 0.6 is 23.2 Å². The van der Waals surface area contributed by atoms with Gasteiger partial charge in [0.15, 0.2) is 5.65 Å². The molecule has 2 heterocycles. The molecule has 0 spiro atoms. The number of hydrogen-bond donors (Lipinski definition) is 1. The monoisotopic (exact) mass is 361 g/mol. The number of nitrogens with zero attached hydrogens (tertiary/aromatic N) is 2. The molecule has 0 aliphatic rings. The molecule has 3 aromatic rings. The van der Waals surface area contributed by atoms with Crippen molar-refractivity contribution in [2.45, 2.75) is 26.3 Å². The van der Waals surface area contributed by atoms with Gasteiger partial charge in [-0.3, -0.25) is 4.79 Å². The number of benzene rings is 1. The molecule has 4 nitrogen and oxygen atoms in total. The molecule has 0 amide bonds. The molecule has 0 fully saturated rings. The summed E-state index contributed by atoms with van der Waals surface area (Å²) in [6.45, 7) is 2.38. The van der Waals surface area contributed by atoms with E-state index in [9.17, 15) is 4.79 Å². The van der Waals surface area contributed by atoms with Gasteiger partial charge in [-0.2, -0.15) is 0 Å². The maximum atomic E-state index is 12.8. The largest absolute Gasteiger partial charge is 0.317 e. The zero-order valence-electron chi connectivity index (χ0n) is 13.2. The van der Waals surface area contributed by atoms with Gasteiger partial charge in [-0.25, -0.2) is 9.66 Å². The number of fused-ring (bicyclic) bond motifs is 1. The van der Waals surface area contributed by atoms with Gasteiger partial charge >= 0.3 is 0 Å². The summed E-state index contributed by atoms with van der Waals surface area (Å²) in [6.07, 6.45) is 3.29. The molecule has 1 aromatic carbocycles. The third-order valence-electron chi connectivity index (χ3n) is 3.83. The number of pyridine rings is 2. The van der Waals surface area contributed by atoms with Crippen molar-refractivity contribution >= 4 is 34.2 Å². The van der Waals surface area contributed by atoms with Crippen LogP contribution in [0.1, 0.15) is 24.5 Å². The molecule has 1 N–H and O–H groups in total. The lowest BCUT2D eigenvalue weighted by Gasteiger charge is -2.15. The van der Waals surface area contributed by atoms with Crippen LogP contribution in [-0.4, -0.2) is 9.66 Å². The molecule has 6 heteroatoms. The average Bonchev–Trinajstić information content (AvgIpc) is 2.57. The fraction of sp³-hybridized carbons (Fsp3) is 0.222. The van der Waals surface area contributed by atoms with Crippen LogP contribution in [0.4, 0.5) is 0 Å². The van der Waals surface area contributed by atoms with Crippen LogP contribution in [0.15, 0.2) is 47.4 Å². The topological polar surface area (TPSA) is 46.9 Å². The zero-order valence-corrected chi connectivity index (χ0v) is 14.7. The molecule has 0 radical (unpaired) electrons. The Balaban J connectivity index is 2.05. The highest BCUT2D eigenvalue weighted by Crippen LogP contribution is 2.24. The first-order valence-electron chi connectivity index (χ1n) is 7.78. The second-order valence-electron chi connectivity index (χ2n) is 5.51. The number of rotatable bonds is 5. The second-order valence-corrected chi connectivity index (χ2v) is 6.33. The standard InChI is InChI=1S/C18H17Cl2N3O/c1-2-5-13-10-12-6-4-9-21-17(12)23(18(13)24)22-11-14-15(19)7-3-8-16(14)20/h3-4,6-10,22H,2,5,11H2,1H3. The van der Waals surface area contributed by atoms with Crippen LogP contribution in [0.2, 0.25) is 10.0 Å². The molecule has 3 rings (SSSR count). The Bertz CT molecular complexity index is 917. The van der Waals surface area contributed by atoms with Gasteiger partial charge in [0, 0.05) is 32.8 Å². The van der Waals surface area contributed by atoms with Crippen LogP contribution in [0, 0.1) is 0 Å². The first kappa shape index (κ1) is 16.8. The van der Waals surface area contributed by atoms with Crippen molar-refractivity contribution in [2.75, 3.05) is 5.43 Å². The minimum absolute atomic E-state index is 0.0915. The Morgan fingerprint density at radius 1 is 1.17 bits per heavy atom. The third-order valence-corrected chi connectivity index (χ3v) is 4.54. The van der Waals surface area contributed by atoms with E-state index < -0.39 is 0 Å². The van der Waals surface area contributed by atoms with Crippen molar-refractivity contribution in [1.82, 2.24) is 9.66 Å². The number of aromatic nitrogens is 2. The van der Waals surface area contributed by atoms with Crippen molar-refractivity contribution in [3.8, 4) is 0 Å². The van der Waals surface area contributed by atoms with E-state index in [0.717, 1.165) is 29.4 Å². The fourth-order valence-corrected chi connectivity index (χ4v) is 3.18. The lowest BCUT2D eigenvalue weighted by atomic mass is 10.1. The molecular formula is C18H17Cl2N3O. The van der Waals surface area contributed by atoms with Gasteiger partial charge in [-0.15, -0.1) is 0 Å². The Morgan fingerprint density at radius 2 is 1.92 bits per heavy atom. The minimum atomic E-state index is -0.0915. The summed E-state index contributed by atoms with van der Waals surface area (Å²) in [5.74, 6) is 0. The normalized spacial score (nSPS) is 11.0. The molecule has 0 saturated heterocycles. The van der Waals surface area contributed by atoms with Gasteiger partial charge in [-0.1, -0.05) is 42.6 Å². The van der Waals surface area contributed by atoms with E-state index >= 15 is 0 Å². The van der Waals surface area contributed by atoms with Gasteiger partial charge in [0.1, 0.15) is 0 Å². The van der Waals surface area contributed by atoms with E-state index in [2.05, 4.69) is 10.4 Å². The van der Waals surface area contributed by atoms with E-state index in [0.29, 0.717) is 22.2 Å². The summed E-state index contributed by atoms with van der Waals surface area (Å²) in [5.41, 5.74) is 5.13. The van der Waals surface area contributed by atoms with Gasteiger partial charge in [0.2, 0.25) is 0 Å². The molecule has 24 heavy (non-hydrogen) atoms. The highest BCUT2D eigenvalue weighted by Gasteiger charge is 2.11. The molecule has 0 saturated carbocycles. The highest BCUT2D eigenvalue weighted by atomic mass is 35.5. The predicted octanol–water partition coefficient (Wildman–Crippen LogP) is 4.40. The number of nitrogens with one attached hydrogen (secondary N) is 1. The van der Waals surface area contributed by atoms with Crippen molar-refractivity contribution in [1.29, 1.82) is 0 Å². The number of halogens is 2.